The van der Waals surface area contributed by atoms with Crippen LogP contribution in [0.25, 0.3) is 0 Å². The molecule has 0 spiro atoms. The Morgan fingerprint density at radius 3 is 2.18 bits per heavy atom. The van der Waals surface area contributed by atoms with Gasteiger partial charge in [0.25, 0.3) is 0 Å². The predicted molar refractivity (Wildman–Crippen MR) is 84.1 cm³/mol. The second-order valence-corrected chi connectivity index (χ2v) is 8.18. The summed E-state index contributed by atoms with van der Waals surface area (Å²) in [5, 5.41) is 2.77. The normalized spacial score (nSPS) is 17.2. The van der Waals surface area contributed by atoms with Crippen molar-refractivity contribution in [2.45, 2.75) is 25.7 Å². The Kier molecular flexibility index (Phi) is 4.89. The van der Waals surface area contributed by atoms with Gasteiger partial charge in [0, 0.05) is 24.2 Å². The molecule has 122 valence electrons. The van der Waals surface area contributed by atoms with E-state index >= 15 is 0 Å². The van der Waals surface area contributed by atoms with E-state index in [4.69, 9.17) is 4.74 Å². The number of amides is 1. The van der Waals surface area contributed by atoms with Crippen molar-refractivity contribution in [2.75, 3.05) is 31.6 Å². The van der Waals surface area contributed by atoms with E-state index in [0.29, 0.717) is 32.0 Å². The molecule has 7 heteroatoms. The SMILES string of the molecule is CC(C)(C)C(=O)Nc1ccc(S(=O)(=O)N2CCOCC2)cc1. The molecule has 2 rings (SSSR count). The number of carbonyl (C=O) groups is 1. The zero-order chi connectivity index (χ0) is 16.4. The van der Waals surface area contributed by atoms with Crippen LogP contribution in [0.4, 0.5) is 5.69 Å². The number of anilines is 1. The van der Waals surface area contributed by atoms with E-state index in [9.17, 15) is 13.2 Å². The van der Waals surface area contributed by atoms with Gasteiger partial charge in [0.15, 0.2) is 0 Å². The second-order valence-electron chi connectivity index (χ2n) is 6.24. The Morgan fingerprint density at radius 2 is 1.68 bits per heavy atom. The lowest BCUT2D eigenvalue weighted by atomic mass is 9.95. The van der Waals surface area contributed by atoms with Gasteiger partial charge in [-0.3, -0.25) is 4.79 Å². The first kappa shape index (κ1) is 16.9. The van der Waals surface area contributed by atoms with Crippen LogP contribution in [0.15, 0.2) is 29.2 Å². The molecule has 0 saturated carbocycles. The summed E-state index contributed by atoms with van der Waals surface area (Å²) in [4.78, 5) is 12.1. The number of hydrogen-bond acceptors (Lipinski definition) is 4. The average molecular weight is 326 g/mol. The summed E-state index contributed by atoms with van der Waals surface area (Å²) in [6.07, 6.45) is 0. The molecular formula is C15H22N2O4S. The highest BCUT2D eigenvalue weighted by atomic mass is 32.2. The molecule has 1 amide bonds. The molecule has 0 bridgehead atoms. The third-order valence-corrected chi connectivity index (χ3v) is 5.31. The van der Waals surface area contributed by atoms with Gasteiger partial charge in [0.2, 0.25) is 15.9 Å². The van der Waals surface area contributed by atoms with E-state index in [1.165, 1.54) is 16.4 Å². The molecular weight excluding hydrogens is 304 g/mol. The zero-order valence-corrected chi connectivity index (χ0v) is 13.9. The van der Waals surface area contributed by atoms with Crippen molar-refractivity contribution in [2.24, 2.45) is 5.41 Å². The van der Waals surface area contributed by atoms with E-state index in [-0.39, 0.29) is 10.8 Å². The molecule has 22 heavy (non-hydrogen) atoms. The number of morpholine rings is 1. The molecule has 1 aliphatic rings. The van der Waals surface area contributed by atoms with Crippen LogP contribution in [0.2, 0.25) is 0 Å². The topological polar surface area (TPSA) is 75.7 Å². The smallest absolute Gasteiger partial charge is 0.243 e. The fourth-order valence-corrected chi connectivity index (χ4v) is 3.37. The standard InChI is InChI=1S/C15H22N2O4S/c1-15(2,3)14(18)16-12-4-6-13(7-5-12)22(19,20)17-8-10-21-11-9-17/h4-7H,8-11H2,1-3H3,(H,16,18). The summed E-state index contributed by atoms with van der Waals surface area (Å²) in [5.74, 6) is -0.115. The van der Waals surface area contributed by atoms with Gasteiger partial charge in [-0.15, -0.1) is 0 Å². The van der Waals surface area contributed by atoms with Gasteiger partial charge in [-0.05, 0) is 24.3 Å². The van der Waals surface area contributed by atoms with Crippen molar-refractivity contribution in [3.8, 4) is 0 Å². The third kappa shape index (κ3) is 3.85. The van der Waals surface area contributed by atoms with Gasteiger partial charge < -0.3 is 10.1 Å². The molecule has 1 fully saturated rings. The Hall–Kier alpha value is -1.44. The molecule has 0 aromatic heterocycles. The molecule has 1 aromatic carbocycles. The van der Waals surface area contributed by atoms with Crippen molar-refractivity contribution < 1.29 is 17.9 Å². The van der Waals surface area contributed by atoms with Crippen molar-refractivity contribution in [3.63, 3.8) is 0 Å². The molecule has 1 saturated heterocycles. The Bertz CT molecular complexity index is 627. The minimum absolute atomic E-state index is 0.115. The maximum Gasteiger partial charge on any atom is 0.243 e. The van der Waals surface area contributed by atoms with Crippen LogP contribution >= 0.6 is 0 Å². The highest BCUT2D eigenvalue weighted by Gasteiger charge is 2.26. The predicted octanol–water partition coefficient (Wildman–Crippen LogP) is 1.69. The fourth-order valence-electron chi connectivity index (χ4n) is 1.96. The molecule has 0 aliphatic carbocycles. The summed E-state index contributed by atoms with van der Waals surface area (Å²) in [7, 11) is -3.50. The van der Waals surface area contributed by atoms with Gasteiger partial charge in [0.1, 0.15) is 0 Å². The Labute approximate surface area is 131 Å². The Morgan fingerprint density at radius 1 is 1.14 bits per heavy atom. The summed E-state index contributed by atoms with van der Waals surface area (Å²) >= 11 is 0. The van der Waals surface area contributed by atoms with Crippen molar-refractivity contribution in [1.29, 1.82) is 0 Å². The van der Waals surface area contributed by atoms with E-state index in [1.807, 2.05) is 20.8 Å². The minimum atomic E-state index is -3.50. The monoisotopic (exact) mass is 326 g/mol. The summed E-state index contributed by atoms with van der Waals surface area (Å²) in [6, 6.07) is 6.25. The maximum atomic E-state index is 12.5. The van der Waals surface area contributed by atoms with Gasteiger partial charge in [-0.2, -0.15) is 4.31 Å². The number of sulfonamides is 1. The lowest BCUT2D eigenvalue weighted by molar-refractivity contribution is -0.123. The number of carbonyl (C=O) groups excluding carboxylic acids is 1. The molecule has 6 nitrogen and oxygen atoms in total. The number of hydrogen-bond donors (Lipinski definition) is 1. The molecule has 1 N–H and O–H groups in total. The minimum Gasteiger partial charge on any atom is -0.379 e. The van der Waals surface area contributed by atoms with Crippen molar-refractivity contribution in [3.05, 3.63) is 24.3 Å². The molecule has 1 aliphatic heterocycles. The van der Waals surface area contributed by atoms with Crippen LogP contribution in [0.1, 0.15) is 20.8 Å². The lowest BCUT2D eigenvalue weighted by Crippen LogP contribution is -2.40. The van der Waals surface area contributed by atoms with Gasteiger partial charge in [-0.1, -0.05) is 20.8 Å². The number of ether oxygens (including phenoxy) is 1. The first-order chi connectivity index (χ1) is 10.2. The number of benzene rings is 1. The molecule has 0 atom stereocenters. The summed E-state index contributed by atoms with van der Waals surface area (Å²) < 4.78 is 31.5. The average Bonchev–Trinajstić information content (AvgIpc) is 2.48. The van der Waals surface area contributed by atoms with Crippen LogP contribution in [0.3, 0.4) is 0 Å². The van der Waals surface area contributed by atoms with E-state index < -0.39 is 15.4 Å². The van der Waals surface area contributed by atoms with Crippen LogP contribution in [-0.2, 0) is 19.6 Å². The molecule has 0 unspecified atom stereocenters. The largest absolute Gasteiger partial charge is 0.379 e. The van der Waals surface area contributed by atoms with E-state index in [0.717, 1.165) is 0 Å². The highest BCUT2D eigenvalue weighted by Crippen LogP contribution is 2.21. The van der Waals surface area contributed by atoms with Crippen molar-refractivity contribution in [1.82, 2.24) is 4.31 Å². The van der Waals surface area contributed by atoms with Gasteiger partial charge in [0.05, 0.1) is 18.1 Å². The van der Waals surface area contributed by atoms with E-state index in [1.54, 1.807) is 12.1 Å². The van der Waals surface area contributed by atoms with Gasteiger partial charge in [-0.25, -0.2) is 8.42 Å². The number of nitrogens with one attached hydrogen (secondary N) is 1. The second kappa shape index (κ2) is 6.36. The zero-order valence-electron chi connectivity index (χ0n) is 13.1. The van der Waals surface area contributed by atoms with Gasteiger partial charge >= 0.3 is 0 Å². The van der Waals surface area contributed by atoms with E-state index in [2.05, 4.69) is 5.32 Å². The third-order valence-electron chi connectivity index (χ3n) is 3.40. The quantitative estimate of drug-likeness (QED) is 0.917. The number of nitrogens with zero attached hydrogens (tertiary/aromatic N) is 1. The van der Waals surface area contributed by atoms with Crippen LogP contribution in [0.5, 0.6) is 0 Å². The lowest BCUT2D eigenvalue weighted by Gasteiger charge is -2.26. The summed E-state index contributed by atoms with van der Waals surface area (Å²) in [6.45, 7) is 7.02. The Balaban J connectivity index is 2.13. The fraction of sp³-hybridized carbons (Fsp3) is 0.533. The highest BCUT2D eigenvalue weighted by molar-refractivity contribution is 7.89. The molecule has 1 aromatic rings. The number of rotatable bonds is 3. The van der Waals surface area contributed by atoms with Crippen LogP contribution in [-0.4, -0.2) is 44.9 Å². The summed E-state index contributed by atoms with van der Waals surface area (Å²) in [5.41, 5.74) is 0.0827. The van der Waals surface area contributed by atoms with Crippen molar-refractivity contribution >= 4 is 21.6 Å². The first-order valence-corrected chi connectivity index (χ1v) is 8.65. The maximum absolute atomic E-state index is 12.5. The molecule has 0 radical (unpaired) electrons. The molecule has 1 heterocycles. The van der Waals surface area contributed by atoms with Crippen LogP contribution in [0, 0.1) is 5.41 Å². The van der Waals surface area contributed by atoms with Crippen LogP contribution < -0.4 is 5.32 Å². The first-order valence-electron chi connectivity index (χ1n) is 7.21.